The fourth-order valence-corrected chi connectivity index (χ4v) is 6.37. The maximum absolute atomic E-state index is 13.6. The van der Waals surface area contributed by atoms with Gasteiger partial charge in [-0.15, -0.1) is 0 Å². The number of amides is 1. The largest absolute Gasteiger partial charge is 0.405 e. The Bertz CT molecular complexity index is 1260. The third-order valence-corrected chi connectivity index (χ3v) is 8.25. The molecule has 3 aromatic rings. The lowest BCUT2D eigenvalue weighted by Gasteiger charge is -2.41. The van der Waals surface area contributed by atoms with Crippen molar-refractivity contribution >= 4 is 11.6 Å². The summed E-state index contributed by atoms with van der Waals surface area (Å²) in [4.78, 5) is 18.6. The standard InChI is InChI=1S/C32H36F3N3O/c1-23-13-15-25(16-14-23)38-20-19-37(21-24(38)2)18-8-7-17-31(30(39)36-22-32(33,34)35)28-11-5-3-9-26(28)27-10-4-6-12-29(27)31/h3-6,9-16,24H,7-8,17-22H2,1-2H3,(H,36,39). The molecule has 3 aromatic carbocycles. The Morgan fingerprint density at radius 1 is 0.923 bits per heavy atom. The molecule has 1 atom stereocenters. The number of alkyl halides is 3. The third kappa shape index (κ3) is 5.55. The van der Waals surface area contributed by atoms with Crippen LogP contribution in [0, 0.1) is 6.92 Å². The zero-order valence-electron chi connectivity index (χ0n) is 22.6. The average molecular weight is 536 g/mol. The Morgan fingerprint density at radius 2 is 1.54 bits per heavy atom. The monoisotopic (exact) mass is 535 g/mol. The maximum atomic E-state index is 13.6. The third-order valence-electron chi connectivity index (χ3n) is 8.25. The van der Waals surface area contributed by atoms with Crippen LogP contribution in [0.4, 0.5) is 18.9 Å². The van der Waals surface area contributed by atoms with Gasteiger partial charge in [-0.2, -0.15) is 13.2 Å². The normalized spacial score (nSPS) is 18.5. The van der Waals surface area contributed by atoms with Crippen LogP contribution in [0.1, 0.15) is 42.9 Å². The summed E-state index contributed by atoms with van der Waals surface area (Å²) in [6, 6.07) is 24.3. The molecule has 1 saturated heterocycles. The van der Waals surface area contributed by atoms with Gasteiger partial charge in [0.15, 0.2) is 0 Å². The SMILES string of the molecule is Cc1ccc(N2CCN(CCCCC3(C(=O)NCC(F)(F)F)c4ccccc4-c4ccccc43)CC2C)cc1. The molecule has 2 aliphatic rings. The van der Waals surface area contributed by atoms with Gasteiger partial charge >= 0.3 is 6.18 Å². The number of aryl methyl sites for hydroxylation is 1. The summed E-state index contributed by atoms with van der Waals surface area (Å²) in [5.41, 5.74) is 4.82. The van der Waals surface area contributed by atoms with Gasteiger partial charge in [-0.1, -0.05) is 72.6 Å². The Kier molecular flexibility index (Phi) is 7.72. The minimum atomic E-state index is -4.47. The molecule has 39 heavy (non-hydrogen) atoms. The van der Waals surface area contributed by atoms with Crippen molar-refractivity contribution in [2.45, 2.75) is 50.7 Å². The van der Waals surface area contributed by atoms with Gasteiger partial charge in [-0.05, 0) is 67.6 Å². The predicted molar refractivity (Wildman–Crippen MR) is 150 cm³/mol. The first kappa shape index (κ1) is 27.3. The molecule has 1 amide bonds. The lowest BCUT2D eigenvalue weighted by molar-refractivity contribution is -0.141. The minimum Gasteiger partial charge on any atom is -0.366 e. The number of unbranched alkanes of at least 4 members (excludes halogenated alkanes) is 1. The molecule has 1 aliphatic heterocycles. The first-order valence-electron chi connectivity index (χ1n) is 13.8. The number of carbonyl (C=O) groups is 1. The number of halogens is 3. The van der Waals surface area contributed by atoms with Crippen LogP contribution in [0.25, 0.3) is 11.1 Å². The Balaban J connectivity index is 1.28. The highest BCUT2D eigenvalue weighted by Gasteiger charge is 2.49. The van der Waals surface area contributed by atoms with Gasteiger partial charge < -0.3 is 10.2 Å². The number of benzene rings is 3. The van der Waals surface area contributed by atoms with E-state index >= 15 is 0 Å². The molecule has 0 bridgehead atoms. The lowest BCUT2D eigenvalue weighted by Crippen LogP contribution is -2.52. The molecule has 5 rings (SSSR count). The number of piperazine rings is 1. The van der Waals surface area contributed by atoms with E-state index in [1.165, 1.54) is 11.3 Å². The van der Waals surface area contributed by atoms with Gasteiger partial charge in [0.25, 0.3) is 0 Å². The quantitative estimate of drug-likeness (QED) is 0.343. The molecule has 1 fully saturated rings. The zero-order valence-corrected chi connectivity index (χ0v) is 22.6. The molecule has 0 spiro atoms. The fraction of sp³-hybridized carbons (Fsp3) is 0.406. The molecule has 4 nitrogen and oxygen atoms in total. The van der Waals surface area contributed by atoms with E-state index in [9.17, 15) is 18.0 Å². The molecule has 1 heterocycles. The first-order valence-corrected chi connectivity index (χ1v) is 13.8. The number of rotatable bonds is 8. The van der Waals surface area contributed by atoms with Crippen LogP contribution in [0.5, 0.6) is 0 Å². The smallest absolute Gasteiger partial charge is 0.366 e. The van der Waals surface area contributed by atoms with Crippen LogP contribution in [0.15, 0.2) is 72.8 Å². The molecule has 1 N–H and O–H groups in total. The van der Waals surface area contributed by atoms with Gasteiger partial charge in [0.2, 0.25) is 5.91 Å². The van der Waals surface area contributed by atoms with Crippen LogP contribution < -0.4 is 10.2 Å². The van der Waals surface area contributed by atoms with Crippen molar-refractivity contribution in [1.82, 2.24) is 10.2 Å². The Morgan fingerprint density at radius 3 is 2.13 bits per heavy atom. The van der Waals surface area contributed by atoms with Crippen LogP contribution in [0.3, 0.4) is 0 Å². The number of hydrogen-bond acceptors (Lipinski definition) is 3. The van der Waals surface area contributed by atoms with Gasteiger partial charge in [0.1, 0.15) is 12.0 Å². The van der Waals surface area contributed by atoms with Gasteiger partial charge in [-0.25, -0.2) is 0 Å². The van der Waals surface area contributed by atoms with Crippen molar-refractivity contribution in [3.8, 4) is 11.1 Å². The number of fused-ring (bicyclic) bond motifs is 3. The van der Waals surface area contributed by atoms with E-state index in [0.29, 0.717) is 12.5 Å². The summed E-state index contributed by atoms with van der Waals surface area (Å²) in [7, 11) is 0. The van der Waals surface area contributed by atoms with Gasteiger partial charge in [0.05, 0.1) is 0 Å². The van der Waals surface area contributed by atoms with E-state index in [-0.39, 0.29) is 0 Å². The highest BCUT2D eigenvalue weighted by Crippen LogP contribution is 2.51. The number of nitrogens with one attached hydrogen (secondary N) is 1. The van der Waals surface area contributed by atoms with Crippen molar-refractivity contribution in [2.75, 3.05) is 37.6 Å². The molecule has 0 aromatic heterocycles. The second-order valence-electron chi connectivity index (χ2n) is 10.9. The van der Waals surface area contributed by atoms with E-state index in [1.807, 2.05) is 48.5 Å². The Hall–Kier alpha value is -3.32. The van der Waals surface area contributed by atoms with E-state index in [0.717, 1.165) is 61.3 Å². The number of anilines is 1. The van der Waals surface area contributed by atoms with Crippen LogP contribution in [0.2, 0.25) is 0 Å². The van der Waals surface area contributed by atoms with Crippen molar-refractivity contribution in [3.05, 3.63) is 89.5 Å². The number of carbonyl (C=O) groups excluding carboxylic acids is 1. The molecule has 1 aliphatic carbocycles. The van der Waals surface area contributed by atoms with Crippen molar-refractivity contribution in [1.29, 1.82) is 0 Å². The van der Waals surface area contributed by atoms with Crippen molar-refractivity contribution in [2.24, 2.45) is 0 Å². The summed E-state index contributed by atoms with van der Waals surface area (Å²) in [6.07, 6.45) is -2.40. The highest BCUT2D eigenvalue weighted by molar-refractivity contribution is 6.00. The summed E-state index contributed by atoms with van der Waals surface area (Å²) in [6.45, 7) is 6.78. The first-order chi connectivity index (χ1) is 18.7. The lowest BCUT2D eigenvalue weighted by atomic mass is 9.73. The second kappa shape index (κ2) is 11.0. The van der Waals surface area contributed by atoms with Crippen molar-refractivity contribution in [3.63, 3.8) is 0 Å². The summed E-state index contributed by atoms with van der Waals surface area (Å²) >= 11 is 0. The zero-order chi connectivity index (χ0) is 27.6. The van der Waals surface area contributed by atoms with E-state index in [2.05, 4.69) is 53.2 Å². The van der Waals surface area contributed by atoms with Crippen LogP contribution in [-0.4, -0.2) is 55.7 Å². The number of nitrogens with zero attached hydrogens (tertiary/aromatic N) is 2. The predicted octanol–water partition coefficient (Wildman–Crippen LogP) is 6.32. The molecule has 0 saturated carbocycles. The molecule has 0 radical (unpaired) electrons. The fourth-order valence-electron chi connectivity index (χ4n) is 6.37. The molecule has 7 heteroatoms. The molecular weight excluding hydrogens is 499 g/mol. The van der Waals surface area contributed by atoms with E-state index < -0.39 is 24.0 Å². The maximum Gasteiger partial charge on any atom is 0.405 e. The topological polar surface area (TPSA) is 35.6 Å². The molecule has 1 unspecified atom stereocenters. The van der Waals surface area contributed by atoms with Crippen LogP contribution >= 0.6 is 0 Å². The van der Waals surface area contributed by atoms with Crippen LogP contribution in [-0.2, 0) is 10.2 Å². The van der Waals surface area contributed by atoms with E-state index in [4.69, 9.17) is 0 Å². The number of hydrogen-bond donors (Lipinski definition) is 1. The van der Waals surface area contributed by atoms with Crippen molar-refractivity contribution < 1.29 is 18.0 Å². The average Bonchev–Trinajstić information content (AvgIpc) is 3.21. The second-order valence-corrected chi connectivity index (χ2v) is 10.9. The summed E-state index contributed by atoms with van der Waals surface area (Å²) in [5.74, 6) is -0.572. The van der Waals surface area contributed by atoms with Gasteiger partial charge in [0, 0.05) is 31.4 Å². The Labute approximate surface area is 228 Å². The summed E-state index contributed by atoms with van der Waals surface area (Å²) in [5, 5.41) is 2.23. The van der Waals surface area contributed by atoms with Gasteiger partial charge in [-0.3, -0.25) is 9.69 Å². The highest BCUT2D eigenvalue weighted by atomic mass is 19.4. The summed E-state index contributed by atoms with van der Waals surface area (Å²) < 4.78 is 39.3. The molecular formula is C32H36F3N3O. The van der Waals surface area contributed by atoms with E-state index in [1.54, 1.807) is 0 Å². The molecule has 206 valence electrons. The minimum absolute atomic E-state index is 0.384.